The molecule has 0 aromatic carbocycles. The number of nitrogens with zero attached hydrogens (tertiary/aromatic N) is 4. The molecule has 8 nitrogen and oxygen atoms in total. The Morgan fingerprint density at radius 3 is 3.21 bits per heavy atom. The second-order valence-corrected chi connectivity index (χ2v) is 6.51. The molecule has 2 fully saturated rings. The Kier molecular flexibility index (Phi) is 3.87. The molecule has 0 saturated carbocycles. The molecule has 0 aliphatic carbocycles. The summed E-state index contributed by atoms with van der Waals surface area (Å²) in [7, 11) is 0. The van der Waals surface area contributed by atoms with Crippen LogP contribution in [0.3, 0.4) is 0 Å². The lowest BCUT2D eigenvalue weighted by Crippen LogP contribution is -3.05. The number of allylic oxidation sites excluding steroid dienone is 2. The number of β-amino-alcohol motifs (C(OH)–C–C–N with tert-alkyl or cyclic N) is 1. The molecule has 4 aliphatic rings. The standard InChI is InChI=1S/C15H18ClN7O/c16-9-5-18-15-13(14(17)21-23(15)6-9)11-4-12(20-8-19-11)22-3-1-2-10(24)7-22/h4-6,8,10,15,23-24H,1-3,7H2,(H2-,17,19,20,21). The summed E-state index contributed by atoms with van der Waals surface area (Å²) in [6.07, 6.45) is 7.97. The first-order valence-electron chi connectivity index (χ1n) is 7.87. The summed E-state index contributed by atoms with van der Waals surface area (Å²) in [5, 5.41) is 22.4. The molecule has 3 unspecified atom stereocenters. The SMILES string of the molecule is N=C1[N-][NH+]2C=C(Cl)C=NC2C1=C1C=C(N2CCCC(O)C2)N=CN1. The Morgan fingerprint density at radius 2 is 2.38 bits per heavy atom. The van der Waals surface area contributed by atoms with Gasteiger partial charge in [0.15, 0.2) is 0 Å². The van der Waals surface area contributed by atoms with Crippen LogP contribution < -0.4 is 10.3 Å². The number of nitrogens with one attached hydrogen (secondary N) is 3. The van der Waals surface area contributed by atoms with E-state index in [4.69, 9.17) is 17.0 Å². The number of hydrogen-bond donors (Lipinski definition) is 4. The van der Waals surface area contributed by atoms with Crippen molar-refractivity contribution in [3.63, 3.8) is 0 Å². The molecule has 0 aromatic heterocycles. The molecule has 4 heterocycles. The average Bonchev–Trinajstić information content (AvgIpc) is 2.90. The van der Waals surface area contributed by atoms with Crippen molar-refractivity contribution in [3.8, 4) is 0 Å². The molecule has 0 spiro atoms. The number of halogens is 1. The van der Waals surface area contributed by atoms with Crippen LogP contribution in [0.25, 0.3) is 5.43 Å². The number of rotatable bonds is 1. The van der Waals surface area contributed by atoms with Crippen LogP contribution in [-0.4, -0.2) is 53.8 Å². The van der Waals surface area contributed by atoms with Crippen LogP contribution in [0, 0.1) is 5.41 Å². The summed E-state index contributed by atoms with van der Waals surface area (Å²) in [5.41, 5.74) is 5.74. The number of piperidine rings is 1. The van der Waals surface area contributed by atoms with Crippen LogP contribution in [-0.2, 0) is 0 Å². The number of aliphatic hydroxyl groups excluding tert-OH is 1. The highest BCUT2D eigenvalue weighted by Gasteiger charge is 2.36. The molecule has 0 bridgehead atoms. The first-order valence-corrected chi connectivity index (χ1v) is 8.25. The van der Waals surface area contributed by atoms with Gasteiger partial charge in [0, 0.05) is 19.2 Å². The van der Waals surface area contributed by atoms with Crippen LogP contribution in [0.5, 0.6) is 0 Å². The molecular weight excluding hydrogens is 330 g/mol. The fourth-order valence-electron chi connectivity index (χ4n) is 3.26. The van der Waals surface area contributed by atoms with E-state index in [0.717, 1.165) is 30.9 Å². The quantitative estimate of drug-likeness (QED) is 0.529. The summed E-state index contributed by atoms with van der Waals surface area (Å²) in [5.74, 6) is 0.964. The van der Waals surface area contributed by atoms with E-state index in [1.54, 1.807) is 18.8 Å². The van der Waals surface area contributed by atoms with E-state index in [1.165, 1.54) is 0 Å². The third-order valence-corrected chi connectivity index (χ3v) is 4.59. The van der Waals surface area contributed by atoms with Gasteiger partial charge < -0.3 is 20.7 Å². The zero-order valence-corrected chi connectivity index (χ0v) is 13.7. The number of quaternary nitrogens is 1. The van der Waals surface area contributed by atoms with E-state index in [-0.39, 0.29) is 18.1 Å². The largest absolute Gasteiger partial charge is 0.478 e. The summed E-state index contributed by atoms with van der Waals surface area (Å²) in [6, 6.07) is 0. The maximum Gasteiger partial charge on any atom is 0.222 e. The van der Waals surface area contributed by atoms with Gasteiger partial charge in [0.25, 0.3) is 0 Å². The van der Waals surface area contributed by atoms with E-state index in [1.807, 2.05) is 6.08 Å². The highest BCUT2D eigenvalue weighted by Crippen LogP contribution is 2.24. The van der Waals surface area contributed by atoms with Crippen molar-refractivity contribution in [1.82, 2.24) is 10.2 Å². The minimum Gasteiger partial charge on any atom is -0.478 e. The third-order valence-electron chi connectivity index (χ3n) is 4.38. The molecule has 4 aliphatic heterocycles. The molecule has 0 amide bonds. The predicted octanol–water partition coefficient (Wildman–Crippen LogP) is -0.175. The van der Waals surface area contributed by atoms with Gasteiger partial charge in [-0.2, -0.15) is 0 Å². The number of aliphatic hydroxyl groups is 1. The normalized spacial score (nSPS) is 35.2. The average molecular weight is 348 g/mol. The van der Waals surface area contributed by atoms with Crippen LogP contribution in [0.4, 0.5) is 0 Å². The van der Waals surface area contributed by atoms with Crippen molar-refractivity contribution in [2.45, 2.75) is 25.1 Å². The molecule has 0 aromatic rings. The topological polar surface area (TPSA) is 103 Å². The van der Waals surface area contributed by atoms with Gasteiger partial charge in [-0.25, -0.2) is 15.0 Å². The zero-order chi connectivity index (χ0) is 16.7. The Balaban J connectivity index is 1.66. The van der Waals surface area contributed by atoms with E-state index < -0.39 is 0 Å². The van der Waals surface area contributed by atoms with Gasteiger partial charge in [-0.15, -0.1) is 0 Å². The molecule has 126 valence electrons. The third kappa shape index (κ3) is 2.72. The van der Waals surface area contributed by atoms with Gasteiger partial charge in [-0.3, -0.25) is 5.43 Å². The lowest BCUT2D eigenvalue weighted by molar-refractivity contribution is -0.817. The Hall–Kier alpha value is -2.16. The molecule has 4 N–H and O–H groups in total. The van der Waals surface area contributed by atoms with Crippen molar-refractivity contribution in [3.05, 3.63) is 39.8 Å². The lowest BCUT2D eigenvalue weighted by Gasteiger charge is -2.33. The summed E-state index contributed by atoms with van der Waals surface area (Å²) < 4.78 is 0. The van der Waals surface area contributed by atoms with Crippen molar-refractivity contribution in [2.24, 2.45) is 9.98 Å². The maximum absolute atomic E-state index is 9.87. The van der Waals surface area contributed by atoms with E-state index in [9.17, 15) is 5.11 Å². The van der Waals surface area contributed by atoms with Crippen molar-refractivity contribution >= 4 is 30.0 Å². The van der Waals surface area contributed by atoms with Gasteiger partial charge >= 0.3 is 0 Å². The van der Waals surface area contributed by atoms with E-state index in [0.29, 0.717) is 22.2 Å². The highest BCUT2D eigenvalue weighted by atomic mass is 35.5. The van der Waals surface area contributed by atoms with Crippen LogP contribution in [0.2, 0.25) is 0 Å². The fraction of sp³-hybridized carbons (Fsp3) is 0.400. The number of fused-ring (bicyclic) bond motifs is 1. The molecule has 3 atom stereocenters. The number of amidine groups is 1. The van der Waals surface area contributed by atoms with Gasteiger partial charge in [-0.05, 0) is 18.7 Å². The molecule has 24 heavy (non-hydrogen) atoms. The Morgan fingerprint density at radius 1 is 1.50 bits per heavy atom. The number of hydrogen-bond acceptors (Lipinski definition) is 6. The lowest BCUT2D eigenvalue weighted by atomic mass is 10.1. The van der Waals surface area contributed by atoms with Gasteiger partial charge in [0.2, 0.25) is 6.17 Å². The monoisotopic (exact) mass is 347 g/mol. The minimum atomic E-state index is -0.323. The summed E-state index contributed by atoms with van der Waals surface area (Å²) in [6.45, 7) is 1.44. The van der Waals surface area contributed by atoms with Crippen molar-refractivity contribution in [1.29, 1.82) is 5.41 Å². The summed E-state index contributed by atoms with van der Waals surface area (Å²) >= 11 is 5.97. The van der Waals surface area contributed by atoms with Gasteiger partial charge in [0.05, 0.1) is 29.9 Å². The first-order chi connectivity index (χ1) is 11.6. The van der Waals surface area contributed by atoms with Crippen LogP contribution in [0.15, 0.2) is 44.4 Å². The molecular formula is C15H18ClN7O. The summed E-state index contributed by atoms with van der Waals surface area (Å²) in [4.78, 5) is 10.8. The first kappa shape index (κ1) is 15.4. The highest BCUT2D eigenvalue weighted by molar-refractivity contribution is 6.39. The number of likely N-dealkylation sites (tertiary alicyclic amines) is 1. The molecule has 2 saturated heterocycles. The van der Waals surface area contributed by atoms with Crippen LogP contribution in [0.1, 0.15) is 12.8 Å². The van der Waals surface area contributed by atoms with Crippen molar-refractivity contribution in [2.75, 3.05) is 13.1 Å². The Bertz CT molecular complexity index is 723. The van der Waals surface area contributed by atoms with Gasteiger partial charge in [-0.1, -0.05) is 11.6 Å². The minimum absolute atomic E-state index is 0.182. The smallest absolute Gasteiger partial charge is 0.222 e. The fourth-order valence-corrected chi connectivity index (χ4v) is 3.42. The maximum atomic E-state index is 9.87. The second kappa shape index (κ2) is 6.04. The van der Waals surface area contributed by atoms with Gasteiger partial charge in [0.1, 0.15) is 17.1 Å². The van der Waals surface area contributed by atoms with E-state index >= 15 is 0 Å². The molecule has 9 heteroatoms. The van der Waals surface area contributed by atoms with E-state index in [2.05, 4.69) is 25.6 Å². The zero-order valence-electron chi connectivity index (χ0n) is 12.9. The van der Waals surface area contributed by atoms with Crippen LogP contribution >= 0.6 is 11.6 Å². The predicted molar refractivity (Wildman–Crippen MR) is 91.8 cm³/mol. The molecule has 0 radical (unpaired) electrons. The number of aliphatic imine (C=N–C) groups is 2. The van der Waals surface area contributed by atoms with Crippen molar-refractivity contribution < 1.29 is 10.1 Å². The second-order valence-electron chi connectivity index (χ2n) is 6.07. The Labute approximate surface area is 144 Å². The molecule has 4 rings (SSSR count).